The number of rotatable bonds is 14. The first-order chi connectivity index (χ1) is 15.2. The van der Waals surface area contributed by atoms with E-state index < -0.39 is 6.10 Å². The summed E-state index contributed by atoms with van der Waals surface area (Å²) in [5.41, 5.74) is 1.73. The van der Waals surface area contributed by atoms with Gasteiger partial charge in [-0.05, 0) is 63.3 Å². The van der Waals surface area contributed by atoms with Crippen LogP contribution in [0.1, 0.15) is 92.5 Å². The summed E-state index contributed by atoms with van der Waals surface area (Å²) in [6, 6.07) is 4.97. The summed E-state index contributed by atoms with van der Waals surface area (Å²) in [7, 11) is 0. The van der Waals surface area contributed by atoms with Gasteiger partial charge >= 0.3 is 0 Å². The van der Waals surface area contributed by atoms with Crippen LogP contribution in [0.5, 0.6) is 0 Å². The van der Waals surface area contributed by atoms with Crippen molar-refractivity contribution in [3.63, 3.8) is 0 Å². The van der Waals surface area contributed by atoms with E-state index >= 15 is 0 Å². The maximum Gasteiger partial charge on any atom is 0.253 e. The molecule has 0 bridgehead atoms. The molecule has 7 nitrogen and oxygen atoms in total. The zero-order valence-corrected chi connectivity index (χ0v) is 20.4. The minimum absolute atomic E-state index is 0.0206. The maximum absolute atomic E-state index is 12.9. The van der Waals surface area contributed by atoms with E-state index in [0.717, 1.165) is 31.2 Å². The number of aryl methyl sites for hydroxylation is 1. The van der Waals surface area contributed by atoms with Crippen molar-refractivity contribution in [3.05, 3.63) is 34.9 Å². The van der Waals surface area contributed by atoms with Crippen LogP contribution in [-0.4, -0.2) is 59.5 Å². The van der Waals surface area contributed by atoms with Crippen LogP contribution in [0.3, 0.4) is 0 Å². The first kappa shape index (κ1) is 27.6. The van der Waals surface area contributed by atoms with Crippen molar-refractivity contribution in [1.29, 1.82) is 0 Å². The Hall–Kier alpha value is -2.41. The third-order valence-electron chi connectivity index (χ3n) is 5.15. The SMILES string of the molecule is CCCCC(=O)N[C@@H](C)C[C@H](O)CNC(=O)c1cc(C)cc(C(=O)N(CCC)CCC)c1. The monoisotopic (exact) mass is 447 g/mol. The Morgan fingerprint density at radius 1 is 1.00 bits per heavy atom. The lowest BCUT2D eigenvalue weighted by Gasteiger charge is -2.22. The second-order valence-corrected chi connectivity index (χ2v) is 8.55. The van der Waals surface area contributed by atoms with Crippen LogP contribution in [0, 0.1) is 6.92 Å². The number of benzene rings is 1. The summed E-state index contributed by atoms with van der Waals surface area (Å²) in [6.07, 6.45) is 3.59. The van der Waals surface area contributed by atoms with Crippen LogP contribution < -0.4 is 10.6 Å². The van der Waals surface area contributed by atoms with Gasteiger partial charge in [0.15, 0.2) is 0 Å². The first-order valence-corrected chi connectivity index (χ1v) is 11.9. The molecule has 3 N–H and O–H groups in total. The van der Waals surface area contributed by atoms with Crippen molar-refractivity contribution in [3.8, 4) is 0 Å². The van der Waals surface area contributed by atoms with E-state index in [4.69, 9.17) is 0 Å². The van der Waals surface area contributed by atoms with Gasteiger partial charge in [0, 0.05) is 43.2 Å². The van der Waals surface area contributed by atoms with Crippen LogP contribution in [0.15, 0.2) is 18.2 Å². The highest BCUT2D eigenvalue weighted by atomic mass is 16.3. The third kappa shape index (κ3) is 9.81. The topological polar surface area (TPSA) is 98.7 Å². The largest absolute Gasteiger partial charge is 0.391 e. The van der Waals surface area contributed by atoms with Crippen molar-refractivity contribution in [2.45, 2.75) is 85.3 Å². The smallest absolute Gasteiger partial charge is 0.253 e. The molecule has 0 spiro atoms. The number of carbonyl (C=O) groups is 3. The maximum atomic E-state index is 12.9. The van der Waals surface area contributed by atoms with E-state index in [1.54, 1.807) is 18.2 Å². The van der Waals surface area contributed by atoms with Crippen molar-refractivity contribution in [1.82, 2.24) is 15.5 Å². The van der Waals surface area contributed by atoms with Crippen molar-refractivity contribution in [2.24, 2.45) is 0 Å². The highest BCUT2D eigenvalue weighted by Crippen LogP contribution is 2.13. The van der Waals surface area contributed by atoms with Gasteiger partial charge in [0.05, 0.1) is 6.10 Å². The minimum atomic E-state index is -0.782. The van der Waals surface area contributed by atoms with E-state index in [1.807, 2.05) is 39.5 Å². The van der Waals surface area contributed by atoms with Crippen LogP contribution >= 0.6 is 0 Å². The van der Waals surface area contributed by atoms with E-state index in [-0.39, 0.29) is 30.3 Å². The van der Waals surface area contributed by atoms with Crippen LogP contribution in [0.4, 0.5) is 0 Å². The number of hydrogen-bond donors (Lipinski definition) is 3. The Bertz CT molecular complexity index is 745. The first-order valence-electron chi connectivity index (χ1n) is 11.9. The fourth-order valence-corrected chi connectivity index (χ4v) is 3.62. The molecule has 0 aromatic heterocycles. The Labute approximate surface area is 193 Å². The summed E-state index contributed by atoms with van der Waals surface area (Å²) < 4.78 is 0. The predicted octanol–water partition coefficient (Wildman–Crippen LogP) is 3.43. The molecule has 180 valence electrons. The van der Waals surface area contributed by atoms with Crippen LogP contribution in [0.2, 0.25) is 0 Å². The molecule has 2 atom stereocenters. The molecule has 0 aliphatic heterocycles. The van der Waals surface area contributed by atoms with Crippen LogP contribution in [-0.2, 0) is 4.79 Å². The second-order valence-electron chi connectivity index (χ2n) is 8.55. The zero-order chi connectivity index (χ0) is 24.1. The summed E-state index contributed by atoms with van der Waals surface area (Å²) >= 11 is 0. The fourth-order valence-electron chi connectivity index (χ4n) is 3.62. The summed E-state index contributed by atoms with van der Waals surface area (Å²) in [5.74, 6) is -0.425. The molecule has 0 aliphatic carbocycles. The van der Waals surface area contributed by atoms with E-state index in [1.165, 1.54) is 0 Å². The quantitative estimate of drug-likeness (QED) is 0.407. The van der Waals surface area contributed by atoms with Gasteiger partial charge in [-0.3, -0.25) is 14.4 Å². The lowest BCUT2D eigenvalue weighted by molar-refractivity contribution is -0.121. The number of hydrogen-bond acceptors (Lipinski definition) is 4. The van der Waals surface area contributed by atoms with Gasteiger partial charge in [-0.25, -0.2) is 0 Å². The molecule has 0 aliphatic rings. The Kier molecular flexibility index (Phi) is 12.6. The normalized spacial score (nSPS) is 12.7. The fraction of sp³-hybridized carbons (Fsp3) is 0.640. The molecule has 1 aromatic rings. The molecule has 1 aromatic carbocycles. The Morgan fingerprint density at radius 3 is 2.22 bits per heavy atom. The number of nitrogens with zero attached hydrogens (tertiary/aromatic N) is 1. The summed E-state index contributed by atoms with van der Waals surface area (Å²) in [5, 5.41) is 15.9. The average molecular weight is 448 g/mol. The van der Waals surface area contributed by atoms with Gasteiger partial charge in [-0.1, -0.05) is 27.2 Å². The molecule has 0 radical (unpaired) electrons. The Balaban J connectivity index is 2.69. The van der Waals surface area contributed by atoms with Gasteiger partial charge < -0.3 is 20.6 Å². The number of aliphatic hydroxyl groups is 1. The van der Waals surface area contributed by atoms with Gasteiger partial charge in [0.2, 0.25) is 5.91 Å². The lowest BCUT2D eigenvalue weighted by Crippen LogP contribution is -2.39. The summed E-state index contributed by atoms with van der Waals surface area (Å²) in [6.45, 7) is 11.2. The average Bonchev–Trinajstić information content (AvgIpc) is 2.74. The molecule has 1 rings (SSSR count). The third-order valence-corrected chi connectivity index (χ3v) is 5.15. The Morgan fingerprint density at radius 2 is 1.62 bits per heavy atom. The van der Waals surface area contributed by atoms with Gasteiger partial charge in [-0.15, -0.1) is 0 Å². The number of carbonyl (C=O) groups excluding carboxylic acids is 3. The molecule has 0 unspecified atom stereocenters. The van der Waals surface area contributed by atoms with Gasteiger partial charge in [-0.2, -0.15) is 0 Å². The highest BCUT2D eigenvalue weighted by molar-refractivity contribution is 6.00. The molecule has 0 saturated carbocycles. The number of nitrogens with one attached hydrogen (secondary N) is 2. The van der Waals surface area contributed by atoms with E-state index in [2.05, 4.69) is 10.6 Å². The molecular formula is C25H41N3O4. The lowest BCUT2D eigenvalue weighted by atomic mass is 10.0. The number of amides is 3. The minimum Gasteiger partial charge on any atom is -0.391 e. The van der Waals surface area contributed by atoms with Crippen molar-refractivity contribution >= 4 is 17.7 Å². The van der Waals surface area contributed by atoms with Crippen molar-refractivity contribution in [2.75, 3.05) is 19.6 Å². The molecule has 0 heterocycles. The highest BCUT2D eigenvalue weighted by Gasteiger charge is 2.18. The van der Waals surface area contributed by atoms with E-state index in [9.17, 15) is 19.5 Å². The predicted molar refractivity (Wildman–Crippen MR) is 128 cm³/mol. The number of aliphatic hydroxyl groups excluding tert-OH is 1. The van der Waals surface area contributed by atoms with Gasteiger partial charge in [0.1, 0.15) is 0 Å². The van der Waals surface area contributed by atoms with Gasteiger partial charge in [0.25, 0.3) is 11.8 Å². The summed E-state index contributed by atoms with van der Waals surface area (Å²) in [4.78, 5) is 39.2. The molecule has 3 amide bonds. The molecule has 7 heteroatoms. The molecule has 0 fully saturated rings. The second kappa shape index (κ2) is 14.6. The standard InChI is InChI=1S/C25H41N3O4/c1-6-9-10-23(30)27-19(5)15-22(29)17-26-24(31)20-13-18(4)14-21(16-20)25(32)28(11-7-2)12-8-3/h13-14,16,19,22,29H,6-12,15,17H2,1-5H3,(H,26,31)(H,27,30)/t19-,22-/m0/s1. The zero-order valence-electron chi connectivity index (χ0n) is 20.4. The number of unbranched alkanes of at least 4 members (excludes halogenated alkanes) is 1. The van der Waals surface area contributed by atoms with E-state index in [0.29, 0.717) is 37.1 Å². The molecule has 0 saturated heterocycles. The molecule has 32 heavy (non-hydrogen) atoms. The van der Waals surface area contributed by atoms with Crippen LogP contribution in [0.25, 0.3) is 0 Å². The van der Waals surface area contributed by atoms with Crippen molar-refractivity contribution < 1.29 is 19.5 Å². The molecular weight excluding hydrogens is 406 g/mol.